The number of benzene rings is 1. The van der Waals surface area contributed by atoms with Crippen LogP contribution in [-0.2, 0) is 14.3 Å². The molecule has 0 saturated carbocycles. The summed E-state index contributed by atoms with van der Waals surface area (Å²) in [5.74, 6) is -2.68. The second kappa shape index (κ2) is 7.51. The molecule has 5 heteroatoms. The van der Waals surface area contributed by atoms with Crippen molar-refractivity contribution < 1.29 is 23.8 Å². The number of hydrogen-bond donors (Lipinski definition) is 1. The van der Waals surface area contributed by atoms with Crippen molar-refractivity contribution in [2.75, 3.05) is 6.61 Å². The van der Waals surface area contributed by atoms with Crippen molar-refractivity contribution in [2.45, 2.75) is 32.1 Å². The number of carboxylic acid groups (broad SMARTS) is 1. The monoisotopic (exact) mass is 268 g/mol. The Hall–Kier alpha value is -1.91. The van der Waals surface area contributed by atoms with Crippen LogP contribution in [0, 0.1) is 5.82 Å². The first-order chi connectivity index (χ1) is 9.06. The summed E-state index contributed by atoms with van der Waals surface area (Å²) in [6.07, 6.45) is 0.504. The normalized spacial score (nSPS) is 11.9. The molecule has 0 bridgehead atoms. The molecule has 0 saturated heterocycles. The summed E-state index contributed by atoms with van der Waals surface area (Å²) in [4.78, 5) is 22.3. The van der Waals surface area contributed by atoms with E-state index in [9.17, 15) is 14.0 Å². The predicted octanol–water partition coefficient (Wildman–Crippen LogP) is 2.73. The summed E-state index contributed by atoms with van der Waals surface area (Å²) in [5.41, 5.74) is 0.256. The summed E-state index contributed by atoms with van der Waals surface area (Å²) in [7, 11) is 0. The fraction of sp³-hybridized carbons (Fsp3) is 0.429. The van der Waals surface area contributed by atoms with Crippen LogP contribution in [0.15, 0.2) is 24.3 Å². The largest absolute Gasteiger partial charge is 0.481 e. The van der Waals surface area contributed by atoms with Gasteiger partial charge in [0.15, 0.2) is 0 Å². The minimum Gasteiger partial charge on any atom is -0.481 e. The zero-order valence-electron chi connectivity index (χ0n) is 10.8. The first-order valence-corrected chi connectivity index (χ1v) is 6.19. The van der Waals surface area contributed by atoms with Crippen LogP contribution in [0.1, 0.15) is 37.7 Å². The summed E-state index contributed by atoms with van der Waals surface area (Å²) in [6.45, 7) is 1.89. The molecule has 0 heterocycles. The van der Waals surface area contributed by atoms with Gasteiger partial charge in [-0.3, -0.25) is 9.59 Å². The van der Waals surface area contributed by atoms with Crippen LogP contribution in [0.4, 0.5) is 4.39 Å². The Bertz CT molecular complexity index is 445. The summed E-state index contributed by atoms with van der Waals surface area (Å²) >= 11 is 0. The lowest BCUT2D eigenvalue weighted by atomic mass is 9.93. The highest BCUT2D eigenvalue weighted by molar-refractivity contribution is 5.78. The molecule has 0 spiro atoms. The molecule has 19 heavy (non-hydrogen) atoms. The van der Waals surface area contributed by atoms with Crippen LogP contribution < -0.4 is 0 Å². The highest BCUT2D eigenvalue weighted by Crippen LogP contribution is 2.26. The smallest absolute Gasteiger partial charge is 0.313 e. The average molecular weight is 268 g/mol. The van der Waals surface area contributed by atoms with Crippen LogP contribution in [0.3, 0.4) is 0 Å². The molecule has 0 aliphatic heterocycles. The van der Waals surface area contributed by atoms with E-state index in [2.05, 4.69) is 0 Å². The van der Waals surface area contributed by atoms with Crippen molar-refractivity contribution in [3.05, 3.63) is 35.6 Å². The van der Waals surface area contributed by atoms with Gasteiger partial charge in [0.25, 0.3) is 0 Å². The van der Waals surface area contributed by atoms with Gasteiger partial charge in [0, 0.05) is 12.0 Å². The lowest BCUT2D eigenvalue weighted by Gasteiger charge is -2.16. The van der Waals surface area contributed by atoms with Gasteiger partial charge in [0.05, 0.1) is 12.5 Å². The lowest BCUT2D eigenvalue weighted by Crippen LogP contribution is -2.17. The predicted molar refractivity (Wildman–Crippen MR) is 67.3 cm³/mol. The molecule has 1 aromatic rings. The van der Waals surface area contributed by atoms with E-state index in [4.69, 9.17) is 9.84 Å². The number of aliphatic carboxylic acids is 1. The fourth-order valence-corrected chi connectivity index (χ4v) is 1.86. The number of esters is 1. The van der Waals surface area contributed by atoms with Gasteiger partial charge < -0.3 is 9.84 Å². The van der Waals surface area contributed by atoms with Gasteiger partial charge in [-0.05, 0) is 25.8 Å². The molecule has 0 fully saturated rings. The highest BCUT2D eigenvalue weighted by atomic mass is 19.1. The Labute approximate surface area is 111 Å². The molecule has 0 aromatic heterocycles. The quantitative estimate of drug-likeness (QED) is 0.772. The minimum atomic E-state index is -0.934. The molecular formula is C14H17FO4. The van der Waals surface area contributed by atoms with Gasteiger partial charge in [-0.2, -0.15) is 0 Å². The topological polar surface area (TPSA) is 63.6 Å². The number of halogens is 1. The SMILES string of the molecule is CCOC(=O)C(CCCC(=O)O)c1ccccc1F. The van der Waals surface area contributed by atoms with Crippen molar-refractivity contribution in [1.82, 2.24) is 0 Å². The Morgan fingerprint density at radius 3 is 2.63 bits per heavy atom. The Morgan fingerprint density at radius 2 is 2.05 bits per heavy atom. The van der Waals surface area contributed by atoms with Crippen LogP contribution in [0.25, 0.3) is 0 Å². The third kappa shape index (κ3) is 4.69. The number of hydrogen-bond acceptors (Lipinski definition) is 3. The van der Waals surface area contributed by atoms with E-state index in [0.29, 0.717) is 6.42 Å². The van der Waals surface area contributed by atoms with Crippen molar-refractivity contribution in [3.8, 4) is 0 Å². The molecule has 1 atom stereocenters. The zero-order chi connectivity index (χ0) is 14.3. The molecule has 0 aliphatic rings. The highest BCUT2D eigenvalue weighted by Gasteiger charge is 2.24. The number of carbonyl (C=O) groups excluding carboxylic acids is 1. The van der Waals surface area contributed by atoms with Gasteiger partial charge in [-0.25, -0.2) is 4.39 Å². The second-order valence-electron chi connectivity index (χ2n) is 4.11. The van der Waals surface area contributed by atoms with E-state index < -0.39 is 23.7 Å². The number of ether oxygens (including phenoxy) is 1. The maximum Gasteiger partial charge on any atom is 0.313 e. The van der Waals surface area contributed by atoms with Gasteiger partial charge in [-0.15, -0.1) is 0 Å². The Balaban J connectivity index is 2.83. The first kappa shape index (κ1) is 15.1. The molecular weight excluding hydrogens is 251 g/mol. The average Bonchev–Trinajstić information content (AvgIpc) is 2.36. The van der Waals surface area contributed by atoms with E-state index in [1.54, 1.807) is 13.0 Å². The summed E-state index contributed by atoms with van der Waals surface area (Å²) in [6, 6.07) is 5.98. The van der Waals surface area contributed by atoms with Crippen LogP contribution >= 0.6 is 0 Å². The lowest BCUT2D eigenvalue weighted by molar-refractivity contribution is -0.145. The molecule has 104 valence electrons. The molecule has 1 N–H and O–H groups in total. The van der Waals surface area contributed by atoms with Gasteiger partial charge in [0.2, 0.25) is 0 Å². The Morgan fingerprint density at radius 1 is 1.37 bits per heavy atom. The van der Waals surface area contributed by atoms with Crippen LogP contribution in [0.5, 0.6) is 0 Å². The maximum atomic E-state index is 13.7. The first-order valence-electron chi connectivity index (χ1n) is 6.19. The third-order valence-corrected chi connectivity index (χ3v) is 2.74. The van der Waals surface area contributed by atoms with E-state index in [0.717, 1.165) is 0 Å². The minimum absolute atomic E-state index is 0.0512. The van der Waals surface area contributed by atoms with Gasteiger partial charge in [-0.1, -0.05) is 18.2 Å². The molecule has 0 radical (unpaired) electrons. The van der Waals surface area contributed by atoms with Crippen LogP contribution in [-0.4, -0.2) is 23.7 Å². The molecule has 0 amide bonds. The van der Waals surface area contributed by atoms with Gasteiger partial charge in [0.1, 0.15) is 5.82 Å². The van der Waals surface area contributed by atoms with E-state index in [-0.39, 0.29) is 25.0 Å². The standard InChI is InChI=1S/C14H17FO4/c1-2-19-14(18)11(7-5-9-13(16)17)10-6-3-4-8-12(10)15/h3-4,6,8,11H,2,5,7,9H2,1H3,(H,16,17). The van der Waals surface area contributed by atoms with E-state index in [1.807, 2.05) is 0 Å². The molecule has 1 rings (SSSR count). The number of carboxylic acids is 1. The second-order valence-corrected chi connectivity index (χ2v) is 4.11. The van der Waals surface area contributed by atoms with Crippen LogP contribution in [0.2, 0.25) is 0 Å². The van der Waals surface area contributed by atoms with E-state index in [1.165, 1.54) is 18.2 Å². The zero-order valence-corrected chi connectivity index (χ0v) is 10.8. The van der Waals surface area contributed by atoms with Crippen molar-refractivity contribution in [3.63, 3.8) is 0 Å². The molecule has 1 aromatic carbocycles. The van der Waals surface area contributed by atoms with E-state index >= 15 is 0 Å². The Kier molecular flexibility index (Phi) is 5.99. The van der Waals surface area contributed by atoms with Gasteiger partial charge >= 0.3 is 11.9 Å². The third-order valence-electron chi connectivity index (χ3n) is 2.74. The fourth-order valence-electron chi connectivity index (χ4n) is 1.86. The summed E-state index contributed by atoms with van der Waals surface area (Å²) in [5, 5.41) is 8.60. The number of carbonyl (C=O) groups is 2. The molecule has 1 unspecified atom stereocenters. The maximum absolute atomic E-state index is 13.7. The summed E-state index contributed by atoms with van der Waals surface area (Å²) < 4.78 is 18.6. The van der Waals surface area contributed by atoms with Crippen molar-refractivity contribution >= 4 is 11.9 Å². The molecule has 4 nitrogen and oxygen atoms in total. The van der Waals surface area contributed by atoms with Crippen molar-refractivity contribution in [1.29, 1.82) is 0 Å². The van der Waals surface area contributed by atoms with Crippen molar-refractivity contribution in [2.24, 2.45) is 0 Å². The molecule has 0 aliphatic carbocycles. The number of rotatable bonds is 7.